The van der Waals surface area contributed by atoms with Crippen molar-refractivity contribution in [3.05, 3.63) is 105 Å². The van der Waals surface area contributed by atoms with E-state index in [0.29, 0.717) is 16.7 Å². The molecule has 30 heavy (non-hydrogen) atoms. The van der Waals surface area contributed by atoms with Crippen molar-refractivity contribution in [3.63, 3.8) is 0 Å². The molecule has 0 aromatic heterocycles. The minimum atomic E-state index is 0.346. The van der Waals surface area contributed by atoms with Gasteiger partial charge in [0.1, 0.15) is 12.4 Å². The molecule has 0 heterocycles. The van der Waals surface area contributed by atoms with Crippen LogP contribution in [0.25, 0.3) is 10.8 Å². The average Bonchev–Trinajstić information content (AvgIpc) is 2.74. The third-order valence-corrected chi connectivity index (χ3v) is 5.82. The molecule has 0 bridgehead atoms. The van der Waals surface area contributed by atoms with Crippen LogP contribution in [0.1, 0.15) is 22.3 Å². The first-order chi connectivity index (χ1) is 14.5. The van der Waals surface area contributed by atoms with Gasteiger partial charge in [-0.3, -0.25) is 4.99 Å². The molecule has 0 saturated heterocycles. The summed E-state index contributed by atoms with van der Waals surface area (Å²) in [4.78, 5) is 4.78. The molecule has 0 N–H and O–H groups in total. The molecule has 0 aliphatic heterocycles. The van der Waals surface area contributed by atoms with E-state index in [9.17, 15) is 0 Å². The number of nitrogens with zero attached hydrogens (tertiary/aromatic N) is 1. The second-order valence-electron chi connectivity index (χ2n) is 7.20. The van der Waals surface area contributed by atoms with Gasteiger partial charge in [0.2, 0.25) is 0 Å². The highest BCUT2D eigenvalue weighted by molar-refractivity contribution is 6.35. The number of benzene rings is 4. The minimum absolute atomic E-state index is 0.346. The summed E-state index contributed by atoms with van der Waals surface area (Å²) in [5.41, 5.74) is 5.17. The van der Waals surface area contributed by atoms with Gasteiger partial charge in [-0.1, -0.05) is 71.7 Å². The number of fused-ring (bicyclic) bond motifs is 1. The van der Waals surface area contributed by atoms with Crippen LogP contribution in [0.15, 0.2) is 77.8 Å². The average molecular weight is 434 g/mol. The molecule has 2 nitrogen and oxygen atoms in total. The number of aryl methyl sites for hydroxylation is 1. The molecule has 0 unspecified atom stereocenters. The molecule has 0 aliphatic rings. The molecule has 0 fully saturated rings. The minimum Gasteiger partial charge on any atom is -0.488 e. The van der Waals surface area contributed by atoms with Crippen LogP contribution >= 0.6 is 23.2 Å². The van der Waals surface area contributed by atoms with Crippen LogP contribution in [0.5, 0.6) is 5.75 Å². The number of hydrogen-bond donors (Lipinski definition) is 0. The topological polar surface area (TPSA) is 21.6 Å². The van der Waals surface area contributed by atoms with Crippen LogP contribution < -0.4 is 4.74 Å². The van der Waals surface area contributed by atoms with E-state index in [1.54, 1.807) is 6.07 Å². The van der Waals surface area contributed by atoms with Crippen LogP contribution in [0.4, 0.5) is 5.69 Å². The highest BCUT2D eigenvalue weighted by atomic mass is 35.5. The zero-order chi connectivity index (χ0) is 21.1. The SMILES string of the molecule is Cc1cccc(N=Cc2c(OCc3ccc(Cl)cc3Cl)ccc3ccccc23)c1C. The maximum atomic E-state index is 6.31. The molecule has 0 saturated carbocycles. The summed E-state index contributed by atoms with van der Waals surface area (Å²) in [6.45, 7) is 4.53. The molecule has 4 heteroatoms. The summed E-state index contributed by atoms with van der Waals surface area (Å²) >= 11 is 12.3. The number of halogens is 2. The molecule has 4 rings (SSSR count). The van der Waals surface area contributed by atoms with Gasteiger partial charge in [0.15, 0.2) is 0 Å². The Kier molecular flexibility index (Phi) is 6.08. The Morgan fingerprint density at radius 1 is 0.900 bits per heavy atom. The summed E-state index contributed by atoms with van der Waals surface area (Å²) in [5, 5.41) is 3.42. The summed E-state index contributed by atoms with van der Waals surface area (Å²) in [6, 6.07) is 23.8. The summed E-state index contributed by atoms with van der Waals surface area (Å²) in [7, 11) is 0. The van der Waals surface area contributed by atoms with Gasteiger partial charge < -0.3 is 4.74 Å². The molecule has 0 spiro atoms. The fraction of sp³-hybridized carbons (Fsp3) is 0.115. The first kappa shape index (κ1) is 20.5. The van der Waals surface area contributed by atoms with Crippen molar-refractivity contribution in [2.45, 2.75) is 20.5 Å². The normalized spacial score (nSPS) is 11.3. The molecule has 4 aromatic rings. The maximum Gasteiger partial charge on any atom is 0.129 e. The van der Waals surface area contributed by atoms with E-state index in [1.807, 2.05) is 48.7 Å². The second kappa shape index (κ2) is 8.91. The first-order valence-corrected chi connectivity index (χ1v) is 10.5. The van der Waals surface area contributed by atoms with Gasteiger partial charge in [0.05, 0.1) is 5.69 Å². The lowest BCUT2D eigenvalue weighted by Crippen LogP contribution is -2.00. The third kappa shape index (κ3) is 4.35. The Hall–Kier alpha value is -2.81. The number of ether oxygens (including phenoxy) is 1. The van der Waals surface area contributed by atoms with Crippen molar-refractivity contribution in [1.82, 2.24) is 0 Å². The number of rotatable bonds is 5. The van der Waals surface area contributed by atoms with E-state index in [4.69, 9.17) is 32.9 Å². The van der Waals surface area contributed by atoms with Crippen LogP contribution in [-0.4, -0.2) is 6.21 Å². The van der Waals surface area contributed by atoms with Crippen LogP contribution in [0.3, 0.4) is 0 Å². The third-order valence-electron chi connectivity index (χ3n) is 5.24. The van der Waals surface area contributed by atoms with Crippen molar-refractivity contribution in [3.8, 4) is 5.75 Å². The van der Waals surface area contributed by atoms with E-state index in [1.165, 1.54) is 11.1 Å². The van der Waals surface area contributed by atoms with E-state index in [-0.39, 0.29) is 0 Å². The Labute approximate surface area is 186 Å². The second-order valence-corrected chi connectivity index (χ2v) is 8.04. The van der Waals surface area contributed by atoms with Crippen molar-refractivity contribution in [2.24, 2.45) is 4.99 Å². The van der Waals surface area contributed by atoms with Crippen molar-refractivity contribution in [1.29, 1.82) is 0 Å². The fourth-order valence-electron chi connectivity index (χ4n) is 3.34. The Balaban J connectivity index is 1.72. The molecular formula is C26H21Cl2NO. The molecule has 0 atom stereocenters. The van der Waals surface area contributed by atoms with Gasteiger partial charge in [-0.2, -0.15) is 0 Å². The Morgan fingerprint density at radius 2 is 1.73 bits per heavy atom. The molecule has 4 aromatic carbocycles. The molecule has 150 valence electrons. The monoisotopic (exact) mass is 433 g/mol. The smallest absolute Gasteiger partial charge is 0.129 e. The van der Waals surface area contributed by atoms with E-state index < -0.39 is 0 Å². The van der Waals surface area contributed by atoms with Crippen LogP contribution in [0, 0.1) is 13.8 Å². The van der Waals surface area contributed by atoms with Crippen LogP contribution in [0.2, 0.25) is 10.0 Å². The molecule has 0 aliphatic carbocycles. The molecular weight excluding hydrogens is 413 g/mol. The molecule has 0 radical (unpaired) electrons. The van der Waals surface area contributed by atoms with Gasteiger partial charge in [-0.15, -0.1) is 0 Å². The zero-order valence-electron chi connectivity index (χ0n) is 16.8. The van der Waals surface area contributed by atoms with Crippen molar-refractivity contribution in [2.75, 3.05) is 0 Å². The maximum absolute atomic E-state index is 6.31. The summed E-state index contributed by atoms with van der Waals surface area (Å²) in [6.07, 6.45) is 1.89. The lowest BCUT2D eigenvalue weighted by atomic mass is 10.0. The van der Waals surface area contributed by atoms with E-state index in [0.717, 1.165) is 33.3 Å². The highest BCUT2D eigenvalue weighted by Gasteiger charge is 2.10. The molecule has 0 amide bonds. The lowest BCUT2D eigenvalue weighted by Gasteiger charge is -2.13. The highest BCUT2D eigenvalue weighted by Crippen LogP contribution is 2.30. The van der Waals surface area contributed by atoms with Crippen molar-refractivity contribution < 1.29 is 4.74 Å². The van der Waals surface area contributed by atoms with Gasteiger partial charge in [0, 0.05) is 27.4 Å². The van der Waals surface area contributed by atoms with Gasteiger partial charge in [-0.25, -0.2) is 0 Å². The number of hydrogen-bond acceptors (Lipinski definition) is 2. The lowest BCUT2D eigenvalue weighted by molar-refractivity contribution is 0.306. The van der Waals surface area contributed by atoms with E-state index in [2.05, 4.69) is 38.1 Å². The predicted molar refractivity (Wildman–Crippen MR) is 128 cm³/mol. The largest absolute Gasteiger partial charge is 0.488 e. The number of aliphatic imine (C=N–C) groups is 1. The zero-order valence-corrected chi connectivity index (χ0v) is 18.3. The summed E-state index contributed by atoms with van der Waals surface area (Å²) < 4.78 is 6.18. The van der Waals surface area contributed by atoms with Crippen molar-refractivity contribution >= 4 is 45.9 Å². The Morgan fingerprint density at radius 3 is 2.57 bits per heavy atom. The quantitative estimate of drug-likeness (QED) is 0.291. The predicted octanol–water partition coefficient (Wildman–Crippen LogP) is 8.09. The summed E-state index contributed by atoms with van der Waals surface area (Å²) in [5.74, 6) is 0.758. The Bertz CT molecular complexity index is 1250. The van der Waals surface area contributed by atoms with E-state index >= 15 is 0 Å². The van der Waals surface area contributed by atoms with Gasteiger partial charge in [0.25, 0.3) is 0 Å². The fourth-order valence-corrected chi connectivity index (χ4v) is 3.80. The van der Waals surface area contributed by atoms with Gasteiger partial charge in [-0.05, 0) is 60.0 Å². The standard InChI is InChI=1S/C26H21Cl2NO/c1-17-6-5-9-25(18(17)2)29-15-23-22-8-4-3-7-19(22)11-13-26(23)30-16-20-10-12-21(27)14-24(20)28/h3-15H,16H2,1-2H3. The first-order valence-electron chi connectivity index (χ1n) is 9.71. The van der Waals surface area contributed by atoms with Crippen LogP contribution in [-0.2, 0) is 6.61 Å². The van der Waals surface area contributed by atoms with Gasteiger partial charge >= 0.3 is 0 Å².